The van der Waals surface area contributed by atoms with E-state index in [1.807, 2.05) is 0 Å². The fourth-order valence-electron chi connectivity index (χ4n) is 1.26. The first kappa shape index (κ1) is 12.6. The zero-order valence-electron chi connectivity index (χ0n) is 8.11. The van der Waals surface area contributed by atoms with Crippen LogP contribution in [-0.2, 0) is 9.59 Å². The molecule has 0 spiro atoms. The van der Waals surface area contributed by atoms with Gasteiger partial charge in [-0.25, -0.2) is 4.39 Å². The number of carboxylic acids is 1. The summed E-state index contributed by atoms with van der Waals surface area (Å²) in [6.45, 7) is 0. The molecule has 0 radical (unpaired) electrons. The summed E-state index contributed by atoms with van der Waals surface area (Å²) >= 11 is 2.99. The summed E-state index contributed by atoms with van der Waals surface area (Å²) in [6.07, 6.45) is 0.168. The molecule has 4 nitrogen and oxygen atoms in total. The van der Waals surface area contributed by atoms with Crippen molar-refractivity contribution in [2.75, 3.05) is 0 Å². The van der Waals surface area contributed by atoms with Crippen molar-refractivity contribution in [2.45, 2.75) is 12.5 Å². The van der Waals surface area contributed by atoms with Crippen LogP contribution >= 0.6 is 15.9 Å². The number of hydrogen-bond donors (Lipinski definition) is 2. The van der Waals surface area contributed by atoms with Crippen LogP contribution < -0.4 is 5.32 Å². The number of hydrogen-bond acceptors (Lipinski definition) is 2. The molecule has 0 aliphatic rings. The first-order valence-electron chi connectivity index (χ1n) is 4.41. The number of halogens is 2. The molecule has 1 aromatic carbocycles. The maximum atomic E-state index is 13.0. The number of benzene rings is 1. The molecule has 1 rings (SSSR count). The van der Waals surface area contributed by atoms with E-state index in [1.165, 1.54) is 18.2 Å². The van der Waals surface area contributed by atoms with E-state index in [0.717, 1.165) is 0 Å². The number of carboxylic acid groups (broad SMARTS) is 1. The lowest BCUT2D eigenvalue weighted by atomic mass is 10.0. The highest BCUT2D eigenvalue weighted by atomic mass is 79.9. The van der Waals surface area contributed by atoms with Crippen LogP contribution in [0, 0.1) is 5.82 Å². The van der Waals surface area contributed by atoms with E-state index in [0.29, 0.717) is 12.0 Å². The molecule has 0 aliphatic heterocycles. The van der Waals surface area contributed by atoms with Crippen LogP contribution in [0.1, 0.15) is 18.0 Å². The molecule has 6 heteroatoms. The highest BCUT2D eigenvalue weighted by molar-refractivity contribution is 9.10. The number of rotatable bonds is 5. The molecule has 1 amide bonds. The van der Waals surface area contributed by atoms with Crippen LogP contribution in [0.25, 0.3) is 0 Å². The fourth-order valence-corrected chi connectivity index (χ4v) is 1.66. The van der Waals surface area contributed by atoms with Gasteiger partial charge in [0.2, 0.25) is 6.41 Å². The van der Waals surface area contributed by atoms with Crippen molar-refractivity contribution in [3.05, 3.63) is 34.1 Å². The van der Waals surface area contributed by atoms with Crippen molar-refractivity contribution in [1.29, 1.82) is 0 Å². The molecule has 0 aliphatic carbocycles. The third-order valence-electron chi connectivity index (χ3n) is 1.99. The first-order chi connectivity index (χ1) is 7.54. The summed E-state index contributed by atoms with van der Waals surface area (Å²) < 4.78 is 13.2. The molecule has 86 valence electrons. The second-order valence-corrected chi connectivity index (χ2v) is 3.96. The standard InChI is InChI=1S/C10H9BrFNO3/c11-7-3-6(1-2-8(7)12)9(13-5-14)4-10(15)16/h1-3,5,9H,4H2,(H,13,14)(H,15,16)/t9-/m0/s1. The van der Waals surface area contributed by atoms with Gasteiger partial charge in [-0.1, -0.05) is 6.07 Å². The summed E-state index contributed by atoms with van der Waals surface area (Å²) in [5, 5.41) is 11.0. The Kier molecular flexibility index (Phi) is 4.42. The molecule has 1 atom stereocenters. The predicted molar refractivity (Wildman–Crippen MR) is 58.3 cm³/mol. The zero-order chi connectivity index (χ0) is 12.1. The molecular formula is C10H9BrFNO3. The molecular weight excluding hydrogens is 281 g/mol. The average Bonchev–Trinajstić information content (AvgIpc) is 2.21. The summed E-state index contributed by atoms with van der Waals surface area (Å²) in [7, 11) is 0. The Labute approximate surface area is 99.6 Å². The van der Waals surface area contributed by atoms with Gasteiger partial charge in [0, 0.05) is 0 Å². The van der Waals surface area contributed by atoms with Crippen molar-refractivity contribution in [1.82, 2.24) is 5.32 Å². The summed E-state index contributed by atoms with van der Waals surface area (Å²) in [4.78, 5) is 20.9. The van der Waals surface area contributed by atoms with Crippen LogP contribution in [0.15, 0.2) is 22.7 Å². The second-order valence-electron chi connectivity index (χ2n) is 3.11. The molecule has 0 fully saturated rings. The average molecular weight is 290 g/mol. The van der Waals surface area contributed by atoms with Gasteiger partial charge >= 0.3 is 5.97 Å². The Hall–Kier alpha value is -1.43. The van der Waals surface area contributed by atoms with Gasteiger partial charge < -0.3 is 10.4 Å². The quantitative estimate of drug-likeness (QED) is 0.813. The highest BCUT2D eigenvalue weighted by Gasteiger charge is 2.15. The van der Waals surface area contributed by atoms with E-state index >= 15 is 0 Å². The van der Waals surface area contributed by atoms with Gasteiger partial charge in [0.25, 0.3) is 0 Å². The number of amides is 1. The molecule has 0 unspecified atom stereocenters. The lowest BCUT2D eigenvalue weighted by Crippen LogP contribution is -2.22. The minimum atomic E-state index is -1.04. The van der Waals surface area contributed by atoms with Gasteiger partial charge in [-0.2, -0.15) is 0 Å². The SMILES string of the molecule is O=CN[C@@H](CC(=O)O)c1ccc(F)c(Br)c1. The van der Waals surface area contributed by atoms with Crippen LogP contribution in [0.5, 0.6) is 0 Å². The van der Waals surface area contributed by atoms with Crippen molar-refractivity contribution in [2.24, 2.45) is 0 Å². The van der Waals surface area contributed by atoms with Crippen LogP contribution in [-0.4, -0.2) is 17.5 Å². The number of nitrogens with one attached hydrogen (secondary N) is 1. The lowest BCUT2D eigenvalue weighted by Gasteiger charge is -2.14. The fraction of sp³-hybridized carbons (Fsp3) is 0.200. The van der Waals surface area contributed by atoms with Crippen molar-refractivity contribution < 1.29 is 19.1 Å². The first-order valence-corrected chi connectivity index (χ1v) is 5.20. The number of carbonyl (C=O) groups excluding carboxylic acids is 1. The Morgan fingerprint density at radius 2 is 2.31 bits per heavy atom. The normalized spacial score (nSPS) is 11.9. The van der Waals surface area contributed by atoms with E-state index in [9.17, 15) is 14.0 Å². The van der Waals surface area contributed by atoms with Crippen LogP contribution in [0.2, 0.25) is 0 Å². The van der Waals surface area contributed by atoms with E-state index < -0.39 is 17.8 Å². The van der Waals surface area contributed by atoms with Crippen LogP contribution in [0.4, 0.5) is 4.39 Å². The van der Waals surface area contributed by atoms with Crippen molar-refractivity contribution >= 4 is 28.3 Å². The predicted octanol–water partition coefficient (Wildman–Crippen LogP) is 1.85. The maximum absolute atomic E-state index is 13.0. The summed E-state index contributed by atoms with van der Waals surface area (Å²) in [5.74, 6) is -1.48. The topological polar surface area (TPSA) is 66.4 Å². The third-order valence-corrected chi connectivity index (χ3v) is 2.60. The second kappa shape index (κ2) is 5.60. The minimum absolute atomic E-state index is 0.230. The maximum Gasteiger partial charge on any atom is 0.305 e. The lowest BCUT2D eigenvalue weighted by molar-refractivity contribution is -0.137. The van der Waals surface area contributed by atoms with Gasteiger partial charge in [0.15, 0.2) is 0 Å². The van der Waals surface area contributed by atoms with E-state index in [1.54, 1.807) is 0 Å². The summed E-state index contributed by atoms with van der Waals surface area (Å²) in [6, 6.07) is 3.43. The van der Waals surface area contributed by atoms with Gasteiger partial charge in [-0.3, -0.25) is 9.59 Å². The summed E-state index contributed by atoms with van der Waals surface area (Å²) in [5.41, 5.74) is 0.530. The monoisotopic (exact) mass is 289 g/mol. The Bertz CT molecular complexity index is 411. The Morgan fingerprint density at radius 3 is 2.81 bits per heavy atom. The van der Waals surface area contributed by atoms with Gasteiger partial charge in [-0.05, 0) is 33.6 Å². The smallest absolute Gasteiger partial charge is 0.305 e. The largest absolute Gasteiger partial charge is 0.481 e. The zero-order valence-corrected chi connectivity index (χ0v) is 9.70. The van der Waals surface area contributed by atoms with Gasteiger partial charge in [-0.15, -0.1) is 0 Å². The van der Waals surface area contributed by atoms with Crippen molar-refractivity contribution in [3.8, 4) is 0 Å². The van der Waals surface area contributed by atoms with E-state index in [-0.39, 0.29) is 10.9 Å². The highest BCUT2D eigenvalue weighted by Crippen LogP contribution is 2.23. The molecule has 1 aromatic rings. The molecule has 0 saturated heterocycles. The van der Waals surface area contributed by atoms with Gasteiger partial charge in [0.1, 0.15) is 5.82 Å². The van der Waals surface area contributed by atoms with Gasteiger partial charge in [0.05, 0.1) is 16.9 Å². The van der Waals surface area contributed by atoms with E-state index in [2.05, 4.69) is 21.2 Å². The number of carbonyl (C=O) groups is 2. The van der Waals surface area contributed by atoms with Crippen molar-refractivity contribution in [3.63, 3.8) is 0 Å². The molecule has 0 bridgehead atoms. The molecule has 0 aromatic heterocycles. The third kappa shape index (κ3) is 3.30. The number of aliphatic carboxylic acids is 1. The molecule has 2 N–H and O–H groups in total. The minimum Gasteiger partial charge on any atom is -0.481 e. The Morgan fingerprint density at radius 1 is 1.62 bits per heavy atom. The van der Waals surface area contributed by atoms with E-state index in [4.69, 9.17) is 5.11 Å². The molecule has 0 heterocycles. The Balaban J connectivity index is 2.95. The van der Waals surface area contributed by atoms with Crippen LogP contribution in [0.3, 0.4) is 0 Å². The molecule has 0 saturated carbocycles. The molecule has 16 heavy (non-hydrogen) atoms.